The fourth-order valence-corrected chi connectivity index (χ4v) is 0.510. The second kappa shape index (κ2) is 5.22. The van der Waals surface area contributed by atoms with E-state index in [2.05, 4.69) is 9.47 Å². The average Bonchev–Trinajstić information content (AvgIpc) is 1.85. The molecule has 0 amide bonds. The van der Waals surface area contributed by atoms with Crippen molar-refractivity contribution in [3.8, 4) is 0 Å². The van der Waals surface area contributed by atoms with Crippen molar-refractivity contribution in [2.75, 3.05) is 6.61 Å². The Balaban J connectivity index is 3.84. The number of alkyl halides is 4. The highest BCUT2D eigenvalue weighted by molar-refractivity contribution is 6.70. The highest BCUT2D eigenvalue weighted by Crippen LogP contribution is 2.34. The molecule has 0 aliphatic carbocycles. The molecule has 12 heavy (non-hydrogen) atoms. The largest absolute Gasteiger partial charge is 0.509 e. The van der Waals surface area contributed by atoms with Gasteiger partial charge in [0.2, 0.25) is 9.36 Å². The van der Waals surface area contributed by atoms with E-state index in [1.807, 2.05) is 0 Å². The maximum absolute atomic E-state index is 10.6. The average molecular weight is 256 g/mol. The van der Waals surface area contributed by atoms with Gasteiger partial charge in [-0.25, -0.2) is 4.79 Å². The lowest BCUT2D eigenvalue weighted by Gasteiger charge is -2.17. The molecule has 0 saturated carbocycles. The van der Waals surface area contributed by atoms with Gasteiger partial charge in [0.1, 0.15) is 0 Å². The van der Waals surface area contributed by atoms with Gasteiger partial charge in [-0.3, -0.25) is 0 Å². The van der Waals surface area contributed by atoms with Crippen molar-refractivity contribution in [2.24, 2.45) is 0 Å². The molecule has 0 aliphatic rings. The van der Waals surface area contributed by atoms with Crippen LogP contribution in [0.4, 0.5) is 4.79 Å². The lowest BCUT2D eigenvalue weighted by molar-refractivity contribution is 0.0501. The Bertz CT molecular complexity index is 155. The smallest absolute Gasteiger partial charge is 0.435 e. The van der Waals surface area contributed by atoms with Crippen molar-refractivity contribution in [3.63, 3.8) is 0 Å². The highest BCUT2D eigenvalue weighted by Gasteiger charge is 2.34. The van der Waals surface area contributed by atoms with E-state index in [0.717, 1.165) is 0 Å². The first-order valence-corrected chi connectivity index (χ1v) is 4.49. The second-order valence-corrected chi connectivity index (χ2v) is 4.42. The Morgan fingerprint density at radius 3 is 2.33 bits per heavy atom. The molecular weight excluding hydrogens is 250 g/mol. The van der Waals surface area contributed by atoms with Gasteiger partial charge in [0.25, 0.3) is 0 Å². The van der Waals surface area contributed by atoms with Crippen LogP contribution in [0.2, 0.25) is 0 Å². The third kappa shape index (κ3) is 5.14. The van der Waals surface area contributed by atoms with Crippen molar-refractivity contribution in [3.05, 3.63) is 0 Å². The van der Waals surface area contributed by atoms with Gasteiger partial charge in [0, 0.05) is 0 Å². The van der Waals surface area contributed by atoms with Crippen LogP contribution in [0.3, 0.4) is 0 Å². The minimum atomic E-state index is -1.85. The molecular formula is C5H6Cl4O3. The molecule has 0 N–H and O–H groups in total. The molecule has 0 spiro atoms. The summed E-state index contributed by atoms with van der Waals surface area (Å²) in [7, 11) is 0. The monoisotopic (exact) mass is 254 g/mol. The van der Waals surface area contributed by atoms with Gasteiger partial charge < -0.3 is 9.47 Å². The molecule has 1 unspecified atom stereocenters. The van der Waals surface area contributed by atoms with Crippen molar-refractivity contribution >= 4 is 52.6 Å². The normalized spacial score (nSPS) is 13.8. The van der Waals surface area contributed by atoms with Crippen LogP contribution in [0.1, 0.15) is 6.92 Å². The summed E-state index contributed by atoms with van der Waals surface area (Å²) in [6, 6.07) is 0. The molecule has 0 bridgehead atoms. The SMILES string of the molecule is CCOC(=O)OC(Cl)C(Cl)(Cl)Cl. The predicted octanol–water partition coefficient (Wildman–Crippen LogP) is 3.09. The lowest BCUT2D eigenvalue weighted by atomic mass is 10.8. The molecule has 72 valence electrons. The van der Waals surface area contributed by atoms with E-state index in [1.165, 1.54) is 0 Å². The molecule has 0 aromatic heterocycles. The quantitative estimate of drug-likeness (QED) is 0.562. The van der Waals surface area contributed by atoms with E-state index in [9.17, 15) is 4.79 Å². The number of rotatable bonds is 2. The van der Waals surface area contributed by atoms with Crippen LogP contribution < -0.4 is 0 Å². The van der Waals surface area contributed by atoms with E-state index in [4.69, 9.17) is 46.4 Å². The van der Waals surface area contributed by atoms with Crippen LogP contribution in [0.25, 0.3) is 0 Å². The molecule has 7 heteroatoms. The third-order valence-corrected chi connectivity index (χ3v) is 2.07. The summed E-state index contributed by atoms with van der Waals surface area (Å²) in [6.45, 7) is 1.78. The summed E-state index contributed by atoms with van der Waals surface area (Å²) < 4.78 is 6.90. The van der Waals surface area contributed by atoms with Crippen LogP contribution >= 0.6 is 46.4 Å². The zero-order valence-electron chi connectivity index (χ0n) is 6.02. The topological polar surface area (TPSA) is 35.5 Å². The van der Waals surface area contributed by atoms with Crippen LogP contribution in [-0.4, -0.2) is 22.1 Å². The number of carbonyl (C=O) groups excluding carboxylic acids is 1. The van der Waals surface area contributed by atoms with E-state index >= 15 is 0 Å². The van der Waals surface area contributed by atoms with Crippen LogP contribution in [0.15, 0.2) is 0 Å². The third-order valence-electron chi connectivity index (χ3n) is 0.719. The van der Waals surface area contributed by atoms with Gasteiger partial charge in [-0.15, -0.1) is 0 Å². The fraction of sp³-hybridized carbons (Fsp3) is 0.800. The Labute approximate surface area is 89.8 Å². The summed E-state index contributed by atoms with van der Waals surface area (Å²) in [6.07, 6.45) is -0.969. The molecule has 1 atom stereocenters. The standard InChI is InChI=1S/C5H6Cl4O3/c1-2-11-4(10)12-3(6)5(7,8)9/h3H,2H2,1H3. The van der Waals surface area contributed by atoms with Gasteiger partial charge >= 0.3 is 6.16 Å². The van der Waals surface area contributed by atoms with Crippen LogP contribution in [-0.2, 0) is 9.47 Å². The number of hydrogen-bond donors (Lipinski definition) is 0. The molecule has 0 rings (SSSR count). The number of hydrogen-bond acceptors (Lipinski definition) is 3. The lowest BCUT2D eigenvalue weighted by Crippen LogP contribution is -2.26. The fourth-order valence-electron chi connectivity index (χ4n) is 0.303. The van der Waals surface area contributed by atoms with Gasteiger partial charge in [-0.1, -0.05) is 46.4 Å². The molecule has 0 aliphatic heterocycles. The zero-order chi connectivity index (χ0) is 9.78. The summed E-state index contributed by atoms with van der Waals surface area (Å²) in [5.74, 6) is 0. The Hall–Kier alpha value is 0.430. The van der Waals surface area contributed by atoms with E-state index in [1.54, 1.807) is 6.92 Å². The summed E-state index contributed by atoms with van der Waals surface area (Å²) in [5, 5.41) is 0. The maximum atomic E-state index is 10.6. The van der Waals surface area contributed by atoms with Crippen molar-refractivity contribution in [2.45, 2.75) is 16.3 Å². The van der Waals surface area contributed by atoms with E-state index < -0.39 is 15.5 Å². The minimum Gasteiger partial charge on any atom is -0.435 e. The molecule has 0 aromatic carbocycles. The van der Waals surface area contributed by atoms with Crippen molar-refractivity contribution < 1.29 is 14.3 Å². The number of halogens is 4. The molecule has 3 nitrogen and oxygen atoms in total. The molecule has 0 fully saturated rings. The predicted molar refractivity (Wildman–Crippen MR) is 48.0 cm³/mol. The Morgan fingerprint density at radius 2 is 2.00 bits per heavy atom. The number of ether oxygens (including phenoxy) is 2. The Kier molecular flexibility index (Phi) is 5.41. The van der Waals surface area contributed by atoms with E-state index in [-0.39, 0.29) is 6.61 Å². The molecule has 0 radical (unpaired) electrons. The molecule has 0 aromatic rings. The summed E-state index contributed by atoms with van der Waals surface area (Å²) >= 11 is 21.3. The van der Waals surface area contributed by atoms with Gasteiger partial charge in [-0.05, 0) is 6.92 Å². The highest BCUT2D eigenvalue weighted by atomic mass is 35.6. The maximum Gasteiger partial charge on any atom is 0.509 e. The summed E-state index contributed by atoms with van der Waals surface area (Å²) in [5.41, 5.74) is -1.36. The first kappa shape index (κ1) is 12.4. The van der Waals surface area contributed by atoms with Crippen LogP contribution in [0, 0.1) is 0 Å². The second-order valence-electron chi connectivity index (χ2n) is 1.66. The molecule has 0 heterocycles. The molecule has 0 saturated heterocycles. The van der Waals surface area contributed by atoms with E-state index in [0.29, 0.717) is 0 Å². The van der Waals surface area contributed by atoms with Gasteiger partial charge in [0.15, 0.2) is 0 Å². The van der Waals surface area contributed by atoms with Crippen molar-refractivity contribution in [1.29, 1.82) is 0 Å². The van der Waals surface area contributed by atoms with Crippen molar-refractivity contribution in [1.82, 2.24) is 0 Å². The Morgan fingerprint density at radius 1 is 1.50 bits per heavy atom. The number of carbonyl (C=O) groups is 1. The van der Waals surface area contributed by atoms with Gasteiger partial charge in [0.05, 0.1) is 6.61 Å². The first-order chi connectivity index (χ1) is 5.38. The minimum absolute atomic E-state index is 0.169. The van der Waals surface area contributed by atoms with Gasteiger partial charge in [-0.2, -0.15) is 0 Å². The van der Waals surface area contributed by atoms with Crippen LogP contribution in [0.5, 0.6) is 0 Å². The zero-order valence-corrected chi connectivity index (χ0v) is 9.04. The first-order valence-electron chi connectivity index (χ1n) is 2.92. The summed E-state index contributed by atoms with van der Waals surface area (Å²) in [4.78, 5) is 10.6.